The lowest BCUT2D eigenvalue weighted by Gasteiger charge is -1.93. The molecule has 0 radical (unpaired) electrons. The van der Waals surface area contributed by atoms with E-state index in [9.17, 15) is 0 Å². The third kappa shape index (κ3) is 3.06. The Labute approximate surface area is 77.7 Å². The molecule has 0 aliphatic rings. The highest BCUT2D eigenvalue weighted by Gasteiger charge is 1.86. The lowest BCUT2D eigenvalue weighted by molar-refractivity contribution is 1.38. The summed E-state index contributed by atoms with van der Waals surface area (Å²) < 4.78 is 4.17. The SMILES string of the molecule is CC(=C\I)/C(C)=C/I. The predicted octanol–water partition coefficient (Wildman–Crippen LogP) is 3.66. The largest absolute Gasteiger partial charge is 0.0527 e. The van der Waals surface area contributed by atoms with E-state index in [2.05, 4.69) is 67.2 Å². The molecule has 0 N–H and O–H groups in total. The fourth-order valence-corrected chi connectivity index (χ4v) is 1.15. The molecule has 0 heterocycles. The van der Waals surface area contributed by atoms with Crippen LogP contribution in [0.25, 0.3) is 0 Å². The summed E-state index contributed by atoms with van der Waals surface area (Å²) >= 11 is 4.49. The number of hydrogen-bond donors (Lipinski definition) is 0. The van der Waals surface area contributed by atoms with Crippen LogP contribution in [0, 0.1) is 0 Å². The van der Waals surface area contributed by atoms with Gasteiger partial charge in [-0.05, 0) is 33.2 Å². The van der Waals surface area contributed by atoms with Crippen LogP contribution >= 0.6 is 45.2 Å². The molecule has 0 atom stereocenters. The molecule has 0 saturated carbocycles. The van der Waals surface area contributed by atoms with Crippen LogP contribution in [0.1, 0.15) is 13.8 Å². The first kappa shape index (κ1) is 8.94. The Kier molecular flexibility index (Phi) is 5.35. The van der Waals surface area contributed by atoms with Crippen LogP contribution in [-0.2, 0) is 0 Å². The van der Waals surface area contributed by atoms with Crippen molar-refractivity contribution in [1.29, 1.82) is 0 Å². The van der Waals surface area contributed by atoms with Gasteiger partial charge in [-0.2, -0.15) is 0 Å². The zero-order chi connectivity index (χ0) is 6.57. The van der Waals surface area contributed by atoms with Crippen LogP contribution in [0.2, 0.25) is 0 Å². The first-order valence-corrected chi connectivity index (χ1v) is 4.76. The normalized spacial score (nSPS) is 14.5. The van der Waals surface area contributed by atoms with Gasteiger partial charge in [0.05, 0.1) is 0 Å². The second-order valence-electron chi connectivity index (χ2n) is 1.58. The van der Waals surface area contributed by atoms with E-state index in [1.807, 2.05) is 0 Å². The highest BCUT2D eigenvalue weighted by atomic mass is 127. The Hall–Kier alpha value is 0.940. The minimum absolute atomic E-state index is 1.35. The quantitative estimate of drug-likeness (QED) is 0.507. The fraction of sp³-hybridized carbons (Fsp3) is 0.333. The fourth-order valence-electron chi connectivity index (χ4n) is 0.172. The van der Waals surface area contributed by atoms with Crippen molar-refractivity contribution in [2.75, 3.05) is 0 Å². The average molecular weight is 334 g/mol. The monoisotopic (exact) mass is 334 g/mol. The second kappa shape index (κ2) is 4.78. The topological polar surface area (TPSA) is 0 Å². The molecule has 0 unspecified atom stereocenters. The lowest BCUT2D eigenvalue weighted by Crippen LogP contribution is -1.72. The average Bonchev–Trinajstić information content (AvgIpc) is 1.84. The molecule has 0 nitrogen and oxygen atoms in total. The van der Waals surface area contributed by atoms with Gasteiger partial charge < -0.3 is 0 Å². The van der Waals surface area contributed by atoms with Crippen molar-refractivity contribution < 1.29 is 0 Å². The minimum Gasteiger partial charge on any atom is -0.0527 e. The molecule has 0 fully saturated rings. The molecule has 2 heteroatoms. The van der Waals surface area contributed by atoms with Crippen LogP contribution in [-0.4, -0.2) is 0 Å². The van der Waals surface area contributed by atoms with E-state index >= 15 is 0 Å². The van der Waals surface area contributed by atoms with Gasteiger partial charge in [-0.25, -0.2) is 0 Å². The molecule has 0 aliphatic carbocycles. The van der Waals surface area contributed by atoms with Crippen molar-refractivity contribution in [3.63, 3.8) is 0 Å². The van der Waals surface area contributed by atoms with Gasteiger partial charge in [0.1, 0.15) is 0 Å². The third-order valence-corrected chi connectivity index (χ3v) is 2.82. The van der Waals surface area contributed by atoms with E-state index in [0.29, 0.717) is 0 Å². The van der Waals surface area contributed by atoms with Crippen LogP contribution in [0.5, 0.6) is 0 Å². The van der Waals surface area contributed by atoms with Gasteiger partial charge >= 0.3 is 0 Å². The van der Waals surface area contributed by atoms with Gasteiger partial charge in [-0.15, -0.1) is 0 Å². The van der Waals surface area contributed by atoms with Crippen LogP contribution in [0.4, 0.5) is 0 Å². The summed E-state index contributed by atoms with van der Waals surface area (Å²) in [5.74, 6) is 0. The van der Waals surface area contributed by atoms with E-state index in [1.54, 1.807) is 0 Å². The maximum absolute atomic E-state index is 2.25. The minimum atomic E-state index is 1.35. The molecule has 0 saturated heterocycles. The number of halogens is 2. The smallest absolute Gasteiger partial charge is 0.0202 e. The molecule has 8 heavy (non-hydrogen) atoms. The summed E-state index contributed by atoms with van der Waals surface area (Å²) in [6, 6.07) is 0. The van der Waals surface area contributed by atoms with Crippen molar-refractivity contribution in [2.45, 2.75) is 13.8 Å². The van der Waals surface area contributed by atoms with Crippen molar-refractivity contribution in [3.05, 3.63) is 19.3 Å². The van der Waals surface area contributed by atoms with Crippen LogP contribution in [0.15, 0.2) is 19.3 Å². The molecule has 0 bridgehead atoms. The van der Waals surface area contributed by atoms with Crippen molar-refractivity contribution in [1.82, 2.24) is 0 Å². The molecule has 0 aromatic rings. The molecular formula is C6H8I2. The summed E-state index contributed by atoms with van der Waals surface area (Å²) in [6.45, 7) is 4.22. The Morgan fingerprint density at radius 2 is 1.25 bits per heavy atom. The van der Waals surface area contributed by atoms with Gasteiger partial charge in [0.15, 0.2) is 0 Å². The molecule has 0 aromatic heterocycles. The van der Waals surface area contributed by atoms with Gasteiger partial charge in [0, 0.05) is 0 Å². The Morgan fingerprint density at radius 3 is 1.38 bits per heavy atom. The molecule has 0 amide bonds. The number of allylic oxidation sites excluding steroid dienone is 2. The van der Waals surface area contributed by atoms with Crippen molar-refractivity contribution in [3.8, 4) is 0 Å². The van der Waals surface area contributed by atoms with E-state index < -0.39 is 0 Å². The number of rotatable bonds is 1. The molecule has 0 rings (SSSR count). The van der Waals surface area contributed by atoms with Crippen LogP contribution in [0.3, 0.4) is 0 Å². The highest BCUT2D eigenvalue weighted by Crippen LogP contribution is 2.11. The Bertz CT molecular complexity index is 106. The van der Waals surface area contributed by atoms with Crippen molar-refractivity contribution in [2.24, 2.45) is 0 Å². The zero-order valence-electron chi connectivity index (χ0n) is 4.91. The summed E-state index contributed by atoms with van der Waals surface area (Å²) in [4.78, 5) is 0. The standard InChI is InChI=1S/C6H8I2/c1-5(3-7)6(2)4-8/h3-4H,1-2H3/b5-3+,6-4+. The second-order valence-corrected chi connectivity index (χ2v) is 2.83. The summed E-state index contributed by atoms with van der Waals surface area (Å²) in [7, 11) is 0. The molecular weight excluding hydrogens is 326 g/mol. The summed E-state index contributed by atoms with van der Waals surface area (Å²) in [5, 5.41) is 0. The van der Waals surface area contributed by atoms with E-state index in [0.717, 1.165) is 0 Å². The lowest BCUT2D eigenvalue weighted by atomic mass is 10.2. The zero-order valence-corrected chi connectivity index (χ0v) is 9.23. The van der Waals surface area contributed by atoms with Crippen LogP contribution < -0.4 is 0 Å². The van der Waals surface area contributed by atoms with E-state index in [-0.39, 0.29) is 0 Å². The third-order valence-electron chi connectivity index (χ3n) is 0.949. The molecule has 0 aliphatic heterocycles. The highest BCUT2D eigenvalue weighted by molar-refractivity contribution is 14.1. The first-order valence-electron chi connectivity index (χ1n) is 2.26. The summed E-state index contributed by atoms with van der Waals surface area (Å²) in [6.07, 6.45) is 0. The Morgan fingerprint density at radius 1 is 1.00 bits per heavy atom. The van der Waals surface area contributed by atoms with E-state index in [1.165, 1.54) is 11.1 Å². The maximum atomic E-state index is 2.25. The predicted molar refractivity (Wildman–Crippen MR) is 55.6 cm³/mol. The van der Waals surface area contributed by atoms with Gasteiger partial charge in [0.25, 0.3) is 0 Å². The number of hydrogen-bond acceptors (Lipinski definition) is 0. The van der Waals surface area contributed by atoms with E-state index in [4.69, 9.17) is 0 Å². The molecule has 46 valence electrons. The molecule has 0 spiro atoms. The molecule has 0 aromatic carbocycles. The van der Waals surface area contributed by atoms with Crippen molar-refractivity contribution >= 4 is 45.2 Å². The Balaban J connectivity index is 4.04. The van der Waals surface area contributed by atoms with Gasteiger partial charge in [-0.1, -0.05) is 45.2 Å². The van der Waals surface area contributed by atoms with Gasteiger partial charge in [-0.3, -0.25) is 0 Å². The first-order chi connectivity index (χ1) is 3.72. The van der Waals surface area contributed by atoms with Gasteiger partial charge in [0.2, 0.25) is 0 Å². The maximum Gasteiger partial charge on any atom is -0.0202 e. The summed E-state index contributed by atoms with van der Waals surface area (Å²) in [5.41, 5.74) is 2.69.